The third-order valence-electron chi connectivity index (χ3n) is 4.31. The minimum atomic E-state index is -1.62. The zero-order chi connectivity index (χ0) is 14.5. The average molecular weight is 286 g/mol. The molecule has 0 aromatic carbocycles. The van der Waals surface area contributed by atoms with Crippen LogP contribution < -0.4 is 0 Å². The smallest absolute Gasteiger partial charge is 0.192 e. The van der Waals surface area contributed by atoms with Gasteiger partial charge in [0.05, 0.1) is 25.4 Å². The fourth-order valence-electron chi connectivity index (χ4n) is 1.88. The Labute approximate surface area is 119 Å². The fourth-order valence-corrected chi connectivity index (χ4v) is 2.82. The molecule has 112 valence electrons. The average Bonchev–Trinajstić information content (AvgIpc) is 2.75. The molecule has 0 bridgehead atoms. The molecule has 1 rings (SSSR count). The fraction of sp³-hybridized carbons (Fsp3) is 0.867. The minimum Gasteiger partial charge on any atom is -0.413 e. The lowest BCUT2D eigenvalue weighted by molar-refractivity contribution is 0.0133. The van der Waals surface area contributed by atoms with Crippen molar-refractivity contribution < 1.29 is 14.3 Å². The standard InChI is InChI=1S/C15H30O3Si/c1-15(2,3)19(4,5)17-11-7-6-8-13-9-10-14(12-16)18-13/h6-7,13-14,16H,8-12H2,1-5H3/b7-6+/t13-,14-/m0/s1. The predicted molar refractivity (Wildman–Crippen MR) is 81.9 cm³/mol. The van der Waals surface area contributed by atoms with Gasteiger partial charge >= 0.3 is 0 Å². The number of aliphatic hydroxyl groups is 1. The first-order chi connectivity index (χ1) is 8.76. The van der Waals surface area contributed by atoms with Crippen LogP contribution in [-0.2, 0) is 9.16 Å². The molecule has 1 N–H and O–H groups in total. The number of hydrogen-bond acceptors (Lipinski definition) is 3. The lowest BCUT2D eigenvalue weighted by atomic mass is 10.1. The largest absolute Gasteiger partial charge is 0.413 e. The topological polar surface area (TPSA) is 38.7 Å². The van der Waals surface area contributed by atoms with Crippen LogP contribution in [-0.4, -0.2) is 38.8 Å². The van der Waals surface area contributed by atoms with Gasteiger partial charge in [0.25, 0.3) is 0 Å². The highest BCUT2D eigenvalue weighted by molar-refractivity contribution is 6.74. The summed E-state index contributed by atoms with van der Waals surface area (Å²) >= 11 is 0. The molecule has 1 fully saturated rings. The van der Waals surface area contributed by atoms with E-state index in [-0.39, 0.29) is 23.9 Å². The van der Waals surface area contributed by atoms with E-state index in [9.17, 15) is 0 Å². The minimum absolute atomic E-state index is 0.0573. The number of hydrogen-bond donors (Lipinski definition) is 1. The van der Waals surface area contributed by atoms with E-state index in [1.165, 1.54) is 0 Å². The molecular weight excluding hydrogens is 256 g/mol. The van der Waals surface area contributed by atoms with Crippen molar-refractivity contribution in [3.8, 4) is 0 Å². The Morgan fingerprint density at radius 1 is 1.21 bits per heavy atom. The monoisotopic (exact) mass is 286 g/mol. The molecule has 2 atom stereocenters. The molecule has 3 nitrogen and oxygen atoms in total. The number of rotatable bonds is 6. The third-order valence-corrected chi connectivity index (χ3v) is 8.81. The highest BCUT2D eigenvalue weighted by Gasteiger charge is 2.36. The molecule has 0 aliphatic carbocycles. The maximum atomic E-state index is 9.00. The molecular formula is C15H30O3Si. The van der Waals surface area contributed by atoms with Gasteiger partial charge in [-0.2, -0.15) is 0 Å². The maximum absolute atomic E-state index is 9.00. The Bertz CT molecular complexity index is 294. The van der Waals surface area contributed by atoms with E-state index >= 15 is 0 Å². The van der Waals surface area contributed by atoms with Gasteiger partial charge in [-0.3, -0.25) is 0 Å². The molecule has 19 heavy (non-hydrogen) atoms. The zero-order valence-electron chi connectivity index (χ0n) is 13.1. The summed E-state index contributed by atoms with van der Waals surface area (Å²) < 4.78 is 11.8. The second-order valence-electron chi connectivity index (χ2n) is 6.92. The number of ether oxygens (including phenoxy) is 1. The van der Waals surface area contributed by atoms with Gasteiger partial charge in [-0.05, 0) is 37.4 Å². The molecule has 0 radical (unpaired) electrons. The van der Waals surface area contributed by atoms with Gasteiger partial charge in [-0.1, -0.05) is 32.9 Å². The molecule has 0 spiro atoms. The van der Waals surface area contributed by atoms with Gasteiger partial charge in [-0.15, -0.1) is 0 Å². The van der Waals surface area contributed by atoms with Crippen LogP contribution in [0, 0.1) is 0 Å². The Balaban J connectivity index is 2.21. The van der Waals surface area contributed by atoms with Gasteiger partial charge in [0.15, 0.2) is 8.32 Å². The first-order valence-corrected chi connectivity index (χ1v) is 10.2. The van der Waals surface area contributed by atoms with Crippen LogP contribution in [0.1, 0.15) is 40.0 Å². The highest BCUT2D eigenvalue weighted by Crippen LogP contribution is 2.36. The van der Waals surface area contributed by atoms with Crippen LogP contribution in [0.3, 0.4) is 0 Å². The molecule has 1 saturated heterocycles. The second kappa shape index (κ2) is 7.02. The van der Waals surface area contributed by atoms with Crippen molar-refractivity contribution >= 4 is 8.32 Å². The number of aliphatic hydroxyl groups excluding tert-OH is 1. The van der Waals surface area contributed by atoms with Gasteiger partial charge in [0, 0.05) is 0 Å². The van der Waals surface area contributed by atoms with Crippen LogP contribution in [0.4, 0.5) is 0 Å². The van der Waals surface area contributed by atoms with Crippen molar-refractivity contribution in [1.29, 1.82) is 0 Å². The van der Waals surface area contributed by atoms with Gasteiger partial charge in [0.2, 0.25) is 0 Å². The van der Waals surface area contributed by atoms with Crippen LogP contribution in [0.5, 0.6) is 0 Å². The summed E-state index contributed by atoms with van der Waals surface area (Å²) in [7, 11) is -1.62. The molecule has 4 heteroatoms. The third kappa shape index (κ3) is 5.38. The van der Waals surface area contributed by atoms with Crippen molar-refractivity contribution in [2.45, 2.75) is 70.4 Å². The predicted octanol–water partition coefficient (Wildman–Crippen LogP) is 3.49. The lowest BCUT2D eigenvalue weighted by Crippen LogP contribution is -2.40. The summed E-state index contributed by atoms with van der Waals surface area (Å²) in [6.07, 6.45) is 7.56. The van der Waals surface area contributed by atoms with Crippen molar-refractivity contribution in [3.63, 3.8) is 0 Å². The molecule has 1 aliphatic heterocycles. The van der Waals surface area contributed by atoms with Crippen LogP contribution >= 0.6 is 0 Å². The van der Waals surface area contributed by atoms with Crippen LogP contribution in [0.15, 0.2) is 12.2 Å². The van der Waals surface area contributed by atoms with E-state index in [0.29, 0.717) is 6.61 Å². The Kier molecular flexibility index (Phi) is 6.24. The lowest BCUT2D eigenvalue weighted by Gasteiger charge is -2.35. The van der Waals surface area contributed by atoms with E-state index in [0.717, 1.165) is 19.3 Å². The molecule has 0 aromatic rings. The summed E-state index contributed by atoms with van der Waals surface area (Å²) in [6, 6.07) is 0. The highest BCUT2D eigenvalue weighted by atomic mass is 28.4. The molecule has 1 heterocycles. The van der Waals surface area contributed by atoms with E-state index in [1.54, 1.807) is 0 Å². The van der Waals surface area contributed by atoms with Crippen molar-refractivity contribution in [2.24, 2.45) is 0 Å². The van der Waals surface area contributed by atoms with Crippen molar-refractivity contribution in [2.75, 3.05) is 13.2 Å². The van der Waals surface area contributed by atoms with Gasteiger partial charge < -0.3 is 14.3 Å². The molecule has 1 aliphatic rings. The summed E-state index contributed by atoms with van der Waals surface area (Å²) in [5.41, 5.74) is 0. The summed E-state index contributed by atoms with van der Waals surface area (Å²) in [6.45, 7) is 12.2. The summed E-state index contributed by atoms with van der Waals surface area (Å²) in [5.74, 6) is 0. The SMILES string of the molecule is CC(C)(C)[Si](C)(C)OC/C=C/C[C@H]1CC[C@@H](CO)O1. The molecule has 0 saturated carbocycles. The molecule has 0 unspecified atom stereocenters. The molecule has 0 aromatic heterocycles. The van der Waals surface area contributed by atoms with Crippen molar-refractivity contribution in [3.05, 3.63) is 12.2 Å². The quantitative estimate of drug-likeness (QED) is 0.600. The van der Waals surface area contributed by atoms with E-state index in [4.69, 9.17) is 14.3 Å². The van der Waals surface area contributed by atoms with Crippen LogP contribution in [0.25, 0.3) is 0 Å². The summed E-state index contributed by atoms with van der Waals surface area (Å²) in [5, 5.41) is 9.27. The van der Waals surface area contributed by atoms with E-state index < -0.39 is 8.32 Å². The maximum Gasteiger partial charge on any atom is 0.192 e. The Morgan fingerprint density at radius 3 is 2.37 bits per heavy atom. The Hall–Kier alpha value is -0.163. The first kappa shape index (κ1) is 16.9. The first-order valence-electron chi connectivity index (χ1n) is 7.31. The summed E-state index contributed by atoms with van der Waals surface area (Å²) in [4.78, 5) is 0. The van der Waals surface area contributed by atoms with Crippen molar-refractivity contribution in [1.82, 2.24) is 0 Å². The van der Waals surface area contributed by atoms with Gasteiger partial charge in [0.1, 0.15) is 0 Å². The van der Waals surface area contributed by atoms with Crippen LogP contribution in [0.2, 0.25) is 18.1 Å². The zero-order valence-corrected chi connectivity index (χ0v) is 14.1. The normalized spacial score (nSPS) is 25.4. The second-order valence-corrected chi connectivity index (χ2v) is 11.7. The molecule has 0 amide bonds. The van der Waals surface area contributed by atoms with Gasteiger partial charge in [-0.25, -0.2) is 0 Å². The Morgan fingerprint density at radius 2 is 1.84 bits per heavy atom. The van der Waals surface area contributed by atoms with E-state index in [2.05, 4.69) is 46.0 Å². The van der Waals surface area contributed by atoms with E-state index in [1.807, 2.05) is 0 Å².